The summed E-state index contributed by atoms with van der Waals surface area (Å²) in [4.78, 5) is 0.501. The molecule has 14 heavy (non-hydrogen) atoms. The zero-order valence-electron chi connectivity index (χ0n) is 7.76. The Balaban J connectivity index is 2.85. The third kappa shape index (κ3) is 3.12. The van der Waals surface area contributed by atoms with Crippen molar-refractivity contribution in [1.29, 1.82) is 0 Å². The van der Waals surface area contributed by atoms with Gasteiger partial charge >= 0.3 is 0 Å². The van der Waals surface area contributed by atoms with Gasteiger partial charge in [-0.2, -0.15) is 0 Å². The van der Waals surface area contributed by atoms with Gasteiger partial charge in [0.15, 0.2) is 0 Å². The Labute approximate surface area is 99.2 Å². The van der Waals surface area contributed by atoms with Crippen LogP contribution in [-0.2, 0) is 6.42 Å². The topological polar surface area (TPSA) is 26.0 Å². The summed E-state index contributed by atoms with van der Waals surface area (Å²) in [5.41, 5.74) is 6.51. The lowest BCUT2D eigenvalue weighted by Gasteiger charge is -2.10. The van der Waals surface area contributed by atoms with E-state index in [1.165, 1.54) is 0 Å². The smallest absolute Gasteiger partial charge is 0.0759 e. The third-order valence-corrected chi connectivity index (χ3v) is 3.03. The summed E-state index contributed by atoms with van der Waals surface area (Å²) < 4.78 is 0. The van der Waals surface area contributed by atoms with Crippen LogP contribution >= 0.6 is 35.4 Å². The first kappa shape index (κ1) is 11.8. The summed E-state index contributed by atoms with van der Waals surface area (Å²) >= 11 is 16.8. The molecule has 0 heterocycles. The van der Waals surface area contributed by atoms with Gasteiger partial charge in [0.25, 0.3) is 0 Å². The minimum Gasteiger partial charge on any atom is -0.393 e. The number of rotatable bonds is 3. The van der Waals surface area contributed by atoms with Crippen molar-refractivity contribution in [3.05, 3.63) is 33.8 Å². The monoisotopic (exact) mass is 247 g/mol. The lowest BCUT2D eigenvalue weighted by molar-refractivity contribution is 0.772. The van der Waals surface area contributed by atoms with Crippen LogP contribution < -0.4 is 5.73 Å². The van der Waals surface area contributed by atoms with Crippen LogP contribution in [0.4, 0.5) is 0 Å². The second-order valence-corrected chi connectivity index (χ2v) is 4.56. The molecule has 1 atom stereocenters. The lowest BCUT2D eigenvalue weighted by atomic mass is 10.0. The van der Waals surface area contributed by atoms with Gasteiger partial charge in [-0.1, -0.05) is 42.3 Å². The molecule has 0 aromatic heterocycles. The van der Waals surface area contributed by atoms with Crippen LogP contribution in [0.3, 0.4) is 0 Å². The van der Waals surface area contributed by atoms with Gasteiger partial charge in [0, 0.05) is 16.0 Å². The standard InChI is InChI=1S/C10H11Cl2NS/c1-6(10(13)14)4-7-5-8(11)2-3-9(7)12/h2-3,5-6H,4H2,1H3,(H2,13,14). The summed E-state index contributed by atoms with van der Waals surface area (Å²) in [6, 6.07) is 5.39. The van der Waals surface area contributed by atoms with Gasteiger partial charge in [-0.15, -0.1) is 0 Å². The normalized spacial score (nSPS) is 12.5. The molecule has 1 rings (SSSR count). The van der Waals surface area contributed by atoms with E-state index in [4.69, 9.17) is 41.2 Å². The molecule has 4 heteroatoms. The van der Waals surface area contributed by atoms with E-state index in [2.05, 4.69) is 0 Å². The minimum absolute atomic E-state index is 0.140. The predicted octanol–water partition coefficient (Wildman–Crippen LogP) is 3.46. The molecule has 0 aliphatic heterocycles. The van der Waals surface area contributed by atoms with Gasteiger partial charge in [-0.3, -0.25) is 0 Å². The molecule has 0 spiro atoms. The summed E-state index contributed by atoms with van der Waals surface area (Å²) in [7, 11) is 0. The van der Waals surface area contributed by atoms with E-state index in [1.807, 2.05) is 13.0 Å². The Bertz CT molecular complexity index is 352. The molecule has 0 saturated heterocycles. The Hall–Kier alpha value is -0.310. The van der Waals surface area contributed by atoms with Gasteiger partial charge in [-0.25, -0.2) is 0 Å². The quantitative estimate of drug-likeness (QED) is 0.829. The number of hydrogen-bond donors (Lipinski definition) is 1. The molecule has 1 unspecified atom stereocenters. The zero-order valence-corrected chi connectivity index (χ0v) is 10.1. The van der Waals surface area contributed by atoms with Crippen LogP contribution in [0, 0.1) is 5.92 Å². The summed E-state index contributed by atoms with van der Waals surface area (Å²) in [6.45, 7) is 1.97. The Morgan fingerprint density at radius 2 is 2.14 bits per heavy atom. The molecule has 0 saturated carbocycles. The molecule has 0 bridgehead atoms. The van der Waals surface area contributed by atoms with E-state index in [9.17, 15) is 0 Å². The fraction of sp³-hybridized carbons (Fsp3) is 0.300. The first-order chi connectivity index (χ1) is 6.50. The summed E-state index contributed by atoms with van der Waals surface area (Å²) in [6.07, 6.45) is 0.731. The van der Waals surface area contributed by atoms with Crippen molar-refractivity contribution in [3.63, 3.8) is 0 Å². The molecular weight excluding hydrogens is 237 g/mol. The highest BCUT2D eigenvalue weighted by atomic mass is 35.5. The summed E-state index contributed by atoms with van der Waals surface area (Å²) in [5.74, 6) is 0.140. The van der Waals surface area contributed by atoms with Crippen molar-refractivity contribution in [3.8, 4) is 0 Å². The largest absolute Gasteiger partial charge is 0.393 e. The number of thiocarbonyl (C=S) groups is 1. The predicted molar refractivity (Wildman–Crippen MR) is 66.1 cm³/mol. The van der Waals surface area contributed by atoms with E-state index in [1.54, 1.807) is 12.1 Å². The highest BCUT2D eigenvalue weighted by molar-refractivity contribution is 7.80. The number of hydrogen-bond acceptors (Lipinski definition) is 1. The van der Waals surface area contributed by atoms with E-state index in [0.717, 1.165) is 12.0 Å². The average Bonchev–Trinajstić information content (AvgIpc) is 2.11. The number of halogens is 2. The van der Waals surface area contributed by atoms with Crippen LogP contribution in [0.15, 0.2) is 18.2 Å². The molecule has 1 aromatic rings. The maximum absolute atomic E-state index is 6.00. The van der Waals surface area contributed by atoms with Gasteiger partial charge in [0.05, 0.1) is 4.99 Å². The Kier molecular flexibility index (Phi) is 4.17. The first-order valence-corrected chi connectivity index (χ1v) is 5.40. The van der Waals surface area contributed by atoms with Gasteiger partial charge < -0.3 is 5.73 Å². The lowest BCUT2D eigenvalue weighted by Crippen LogP contribution is -2.20. The van der Waals surface area contributed by atoms with Crippen LogP contribution in [0.5, 0.6) is 0 Å². The van der Waals surface area contributed by atoms with Crippen molar-refractivity contribution in [2.75, 3.05) is 0 Å². The third-order valence-electron chi connectivity index (χ3n) is 2.02. The first-order valence-electron chi connectivity index (χ1n) is 4.24. The number of nitrogens with two attached hydrogens (primary N) is 1. The molecule has 1 nitrogen and oxygen atoms in total. The van der Waals surface area contributed by atoms with Gasteiger partial charge in [-0.05, 0) is 30.2 Å². The second-order valence-electron chi connectivity index (χ2n) is 3.24. The fourth-order valence-corrected chi connectivity index (χ4v) is 1.60. The molecule has 0 radical (unpaired) electrons. The molecule has 2 N–H and O–H groups in total. The molecule has 0 aliphatic carbocycles. The molecule has 0 amide bonds. The van der Waals surface area contributed by atoms with Crippen molar-refractivity contribution in [1.82, 2.24) is 0 Å². The van der Waals surface area contributed by atoms with Crippen molar-refractivity contribution >= 4 is 40.4 Å². The highest BCUT2D eigenvalue weighted by Gasteiger charge is 2.09. The molecule has 0 fully saturated rings. The van der Waals surface area contributed by atoms with E-state index in [0.29, 0.717) is 15.0 Å². The van der Waals surface area contributed by atoms with Crippen molar-refractivity contribution < 1.29 is 0 Å². The molecule has 76 valence electrons. The van der Waals surface area contributed by atoms with Gasteiger partial charge in [0.1, 0.15) is 0 Å². The van der Waals surface area contributed by atoms with Crippen LogP contribution in [-0.4, -0.2) is 4.99 Å². The minimum atomic E-state index is 0.140. The highest BCUT2D eigenvalue weighted by Crippen LogP contribution is 2.23. The SMILES string of the molecule is CC(Cc1cc(Cl)ccc1Cl)C(N)=S. The summed E-state index contributed by atoms with van der Waals surface area (Å²) in [5, 5.41) is 1.39. The van der Waals surface area contributed by atoms with Crippen molar-refractivity contribution in [2.24, 2.45) is 11.7 Å². The molecular formula is C10H11Cl2NS. The van der Waals surface area contributed by atoms with E-state index >= 15 is 0 Å². The van der Waals surface area contributed by atoms with E-state index < -0.39 is 0 Å². The van der Waals surface area contributed by atoms with Crippen LogP contribution in [0.2, 0.25) is 10.0 Å². The van der Waals surface area contributed by atoms with Crippen LogP contribution in [0.25, 0.3) is 0 Å². The maximum atomic E-state index is 6.00. The molecule has 0 aliphatic rings. The van der Waals surface area contributed by atoms with Crippen LogP contribution in [0.1, 0.15) is 12.5 Å². The van der Waals surface area contributed by atoms with Gasteiger partial charge in [0.2, 0.25) is 0 Å². The Morgan fingerprint density at radius 3 is 2.71 bits per heavy atom. The Morgan fingerprint density at radius 1 is 1.50 bits per heavy atom. The number of benzene rings is 1. The maximum Gasteiger partial charge on any atom is 0.0759 e. The zero-order chi connectivity index (χ0) is 10.7. The fourth-order valence-electron chi connectivity index (χ4n) is 1.13. The van der Waals surface area contributed by atoms with E-state index in [-0.39, 0.29) is 5.92 Å². The second kappa shape index (κ2) is 4.96. The van der Waals surface area contributed by atoms with Crippen molar-refractivity contribution in [2.45, 2.75) is 13.3 Å². The average molecular weight is 248 g/mol. The molecule has 1 aromatic carbocycles.